The first-order valence-corrected chi connectivity index (χ1v) is 6.38. The van der Waals surface area contributed by atoms with E-state index in [1.807, 2.05) is 12.1 Å². The summed E-state index contributed by atoms with van der Waals surface area (Å²) in [5, 5.41) is 8.67. The largest absolute Gasteiger partial charge is 0.494 e. The molecule has 0 saturated carbocycles. The highest BCUT2D eigenvalue weighted by molar-refractivity contribution is 5.32. The van der Waals surface area contributed by atoms with Crippen molar-refractivity contribution in [1.82, 2.24) is 0 Å². The van der Waals surface area contributed by atoms with Gasteiger partial charge in [-0.15, -0.1) is 0 Å². The van der Waals surface area contributed by atoms with E-state index < -0.39 is 0 Å². The van der Waals surface area contributed by atoms with Crippen LogP contribution in [0.4, 0.5) is 0 Å². The first-order chi connectivity index (χ1) is 8.04. The molecule has 1 aromatic rings. The Hall–Kier alpha value is -1.02. The van der Waals surface area contributed by atoms with E-state index in [1.54, 1.807) is 0 Å². The first-order valence-electron chi connectivity index (χ1n) is 6.38. The number of aliphatic hydroxyl groups is 1. The number of aliphatic hydroxyl groups excluding tert-OH is 1. The van der Waals surface area contributed by atoms with Crippen LogP contribution in [-0.4, -0.2) is 18.3 Å². The molecule has 0 spiro atoms. The lowest BCUT2D eigenvalue weighted by molar-refractivity contribution is 0.266. The summed E-state index contributed by atoms with van der Waals surface area (Å²) in [4.78, 5) is 0. The van der Waals surface area contributed by atoms with Crippen molar-refractivity contribution in [3.8, 4) is 5.75 Å². The van der Waals surface area contributed by atoms with Crippen molar-refractivity contribution in [3.63, 3.8) is 0 Å². The van der Waals surface area contributed by atoms with Crippen LogP contribution in [0.3, 0.4) is 0 Å². The minimum absolute atomic E-state index is 0.163. The molecule has 0 unspecified atom stereocenters. The molecule has 96 valence electrons. The molecule has 1 N–H and O–H groups in total. The topological polar surface area (TPSA) is 29.5 Å². The Balaban J connectivity index is 2.44. The van der Waals surface area contributed by atoms with E-state index >= 15 is 0 Å². The van der Waals surface area contributed by atoms with E-state index in [-0.39, 0.29) is 12.0 Å². The first kappa shape index (κ1) is 14.0. The summed E-state index contributed by atoms with van der Waals surface area (Å²) in [6.45, 7) is 7.61. The van der Waals surface area contributed by atoms with Gasteiger partial charge in [0.15, 0.2) is 0 Å². The molecule has 0 amide bonds. The second kappa shape index (κ2) is 6.65. The summed E-state index contributed by atoms with van der Waals surface area (Å²) in [5.41, 5.74) is 1.46. The second-order valence-corrected chi connectivity index (χ2v) is 5.41. The molecule has 17 heavy (non-hydrogen) atoms. The van der Waals surface area contributed by atoms with Crippen molar-refractivity contribution in [2.45, 2.75) is 45.4 Å². The lowest BCUT2D eigenvalue weighted by Crippen LogP contribution is -2.11. The minimum Gasteiger partial charge on any atom is -0.494 e. The minimum atomic E-state index is 0.163. The summed E-state index contributed by atoms with van der Waals surface area (Å²) in [6.07, 6.45) is 2.89. The number of hydrogen-bond donors (Lipinski definition) is 1. The van der Waals surface area contributed by atoms with E-state index in [4.69, 9.17) is 9.84 Å². The van der Waals surface area contributed by atoms with Gasteiger partial charge in [0.25, 0.3) is 0 Å². The number of unbranched alkanes of at least 4 members (excludes halogenated alkanes) is 2. The van der Waals surface area contributed by atoms with Crippen LogP contribution in [0.2, 0.25) is 0 Å². The molecule has 2 heteroatoms. The van der Waals surface area contributed by atoms with Crippen molar-refractivity contribution in [3.05, 3.63) is 29.8 Å². The van der Waals surface area contributed by atoms with Crippen LogP contribution in [0, 0.1) is 0 Å². The molecule has 0 bridgehead atoms. The smallest absolute Gasteiger partial charge is 0.119 e. The summed E-state index contributed by atoms with van der Waals surface area (Å²) in [6, 6.07) is 8.30. The third-order valence-corrected chi connectivity index (χ3v) is 2.77. The molecule has 2 nitrogen and oxygen atoms in total. The fraction of sp³-hybridized carbons (Fsp3) is 0.600. The molecular formula is C15H24O2. The Morgan fingerprint density at radius 1 is 1.12 bits per heavy atom. The third-order valence-electron chi connectivity index (χ3n) is 2.77. The third kappa shape index (κ3) is 5.22. The van der Waals surface area contributed by atoms with E-state index in [9.17, 15) is 0 Å². The van der Waals surface area contributed by atoms with E-state index in [0.717, 1.165) is 31.6 Å². The van der Waals surface area contributed by atoms with Gasteiger partial charge in [0.1, 0.15) is 5.75 Å². The maximum Gasteiger partial charge on any atom is 0.119 e. The fourth-order valence-electron chi connectivity index (χ4n) is 1.63. The van der Waals surface area contributed by atoms with Gasteiger partial charge in [-0.1, -0.05) is 32.9 Å². The molecule has 0 heterocycles. The quantitative estimate of drug-likeness (QED) is 0.766. The maximum atomic E-state index is 8.67. The zero-order chi connectivity index (χ0) is 12.7. The van der Waals surface area contributed by atoms with Gasteiger partial charge >= 0.3 is 0 Å². The van der Waals surface area contributed by atoms with Gasteiger partial charge in [0, 0.05) is 6.61 Å². The fourth-order valence-corrected chi connectivity index (χ4v) is 1.63. The lowest BCUT2D eigenvalue weighted by Gasteiger charge is -2.19. The highest BCUT2D eigenvalue weighted by Crippen LogP contribution is 2.25. The normalized spacial score (nSPS) is 11.5. The van der Waals surface area contributed by atoms with Crippen molar-refractivity contribution in [2.75, 3.05) is 13.2 Å². The average molecular weight is 236 g/mol. The van der Waals surface area contributed by atoms with E-state index in [2.05, 4.69) is 32.9 Å². The van der Waals surface area contributed by atoms with E-state index in [1.165, 1.54) is 5.56 Å². The monoisotopic (exact) mass is 236 g/mol. The molecule has 0 aliphatic rings. The molecule has 1 rings (SSSR count). The van der Waals surface area contributed by atoms with Gasteiger partial charge in [0.2, 0.25) is 0 Å². The van der Waals surface area contributed by atoms with Crippen molar-refractivity contribution >= 4 is 0 Å². The summed E-state index contributed by atoms with van der Waals surface area (Å²) >= 11 is 0. The highest BCUT2D eigenvalue weighted by atomic mass is 16.5. The van der Waals surface area contributed by atoms with Crippen LogP contribution < -0.4 is 4.74 Å². The molecule has 0 atom stereocenters. The average Bonchev–Trinajstić information content (AvgIpc) is 2.28. The Labute approximate surface area is 105 Å². The summed E-state index contributed by atoms with van der Waals surface area (Å²) in [7, 11) is 0. The lowest BCUT2D eigenvalue weighted by atomic mass is 9.87. The Morgan fingerprint density at radius 2 is 1.88 bits per heavy atom. The Bertz CT molecular complexity index is 326. The van der Waals surface area contributed by atoms with Crippen LogP contribution in [0.1, 0.15) is 45.6 Å². The Morgan fingerprint density at radius 3 is 2.53 bits per heavy atom. The molecule has 0 aliphatic carbocycles. The van der Waals surface area contributed by atoms with Gasteiger partial charge in [-0.2, -0.15) is 0 Å². The predicted octanol–water partition coefficient (Wildman–Crippen LogP) is 3.53. The molecule has 1 aromatic carbocycles. The van der Waals surface area contributed by atoms with Gasteiger partial charge in [-0.3, -0.25) is 0 Å². The van der Waals surface area contributed by atoms with Gasteiger partial charge < -0.3 is 9.84 Å². The molecule has 0 aliphatic heterocycles. The zero-order valence-corrected chi connectivity index (χ0v) is 11.2. The number of benzene rings is 1. The standard InChI is InChI=1S/C15H24O2/c1-15(2,3)13-8-7-9-14(12-13)17-11-6-4-5-10-16/h7-9,12,16H,4-6,10-11H2,1-3H3. The maximum absolute atomic E-state index is 8.67. The second-order valence-electron chi connectivity index (χ2n) is 5.41. The van der Waals surface area contributed by atoms with Crippen LogP contribution in [-0.2, 0) is 5.41 Å². The van der Waals surface area contributed by atoms with Crippen molar-refractivity contribution in [2.24, 2.45) is 0 Å². The van der Waals surface area contributed by atoms with Crippen LogP contribution in [0.15, 0.2) is 24.3 Å². The molecule has 0 radical (unpaired) electrons. The van der Waals surface area contributed by atoms with Gasteiger partial charge in [0.05, 0.1) is 6.61 Å². The molecule has 0 fully saturated rings. The van der Waals surface area contributed by atoms with E-state index in [0.29, 0.717) is 0 Å². The van der Waals surface area contributed by atoms with Crippen LogP contribution in [0.5, 0.6) is 5.75 Å². The Kier molecular flexibility index (Phi) is 5.49. The number of ether oxygens (including phenoxy) is 1. The van der Waals surface area contributed by atoms with Crippen LogP contribution in [0.25, 0.3) is 0 Å². The molecular weight excluding hydrogens is 212 g/mol. The van der Waals surface area contributed by atoms with Gasteiger partial charge in [-0.25, -0.2) is 0 Å². The molecule has 0 aromatic heterocycles. The zero-order valence-electron chi connectivity index (χ0n) is 11.2. The van der Waals surface area contributed by atoms with Gasteiger partial charge in [-0.05, 0) is 42.4 Å². The van der Waals surface area contributed by atoms with Crippen molar-refractivity contribution in [1.29, 1.82) is 0 Å². The van der Waals surface area contributed by atoms with Crippen molar-refractivity contribution < 1.29 is 9.84 Å². The van der Waals surface area contributed by atoms with Crippen LogP contribution >= 0.6 is 0 Å². The summed E-state index contributed by atoms with van der Waals surface area (Å²) in [5.74, 6) is 0.946. The number of hydrogen-bond acceptors (Lipinski definition) is 2. The predicted molar refractivity (Wildman–Crippen MR) is 71.6 cm³/mol. The SMILES string of the molecule is CC(C)(C)c1cccc(OCCCCCO)c1. The molecule has 0 saturated heterocycles. The number of rotatable bonds is 6. The summed E-state index contributed by atoms with van der Waals surface area (Å²) < 4.78 is 5.71. The highest BCUT2D eigenvalue weighted by Gasteiger charge is 2.13.